The number of carbonyl (C=O) groups is 2. The highest BCUT2D eigenvalue weighted by atomic mass is 35.5. The van der Waals surface area contributed by atoms with Gasteiger partial charge in [-0.1, -0.05) is 46.4 Å². The molecule has 0 aliphatic heterocycles. The molecule has 0 radical (unpaired) electrons. The van der Waals surface area contributed by atoms with Crippen LogP contribution in [0.4, 0.5) is 11.4 Å². The van der Waals surface area contributed by atoms with Crippen molar-refractivity contribution >= 4 is 69.7 Å². The molecule has 0 bridgehead atoms. The van der Waals surface area contributed by atoms with Crippen LogP contribution < -0.4 is 9.47 Å². The first-order valence-electron chi connectivity index (χ1n) is 7.38. The molecule has 0 aliphatic carbocycles. The molecule has 14 heteroatoms. The Bertz CT molecular complexity index is 1020. The molecule has 0 atom stereocenters. The quantitative estimate of drug-likeness (QED) is 0.175. The van der Waals surface area contributed by atoms with Crippen LogP contribution in [0.25, 0.3) is 0 Å². The molecule has 2 aromatic carbocycles. The number of nitro benzene ring substituents is 2. The zero-order valence-corrected chi connectivity index (χ0v) is 17.2. The zero-order valence-electron chi connectivity index (χ0n) is 14.1. The van der Waals surface area contributed by atoms with Gasteiger partial charge in [0.1, 0.15) is 0 Å². The number of rotatable bonds is 6. The minimum Gasteiger partial charge on any atom is -0.414 e. The van der Waals surface area contributed by atoms with Crippen LogP contribution in [-0.4, -0.2) is 21.8 Å². The first-order chi connectivity index (χ1) is 14.0. The number of carbonyl (C=O) groups excluding carboxylic acids is 2. The van der Waals surface area contributed by atoms with E-state index in [4.69, 9.17) is 55.9 Å². The number of hydrogen-bond donors (Lipinski definition) is 0. The van der Waals surface area contributed by atoms with Crippen molar-refractivity contribution in [2.24, 2.45) is 0 Å². The van der Waals surface area contributed by atoms with Crippen LogP contribution in [0, 0.1) is 20.2 Å². The molecule has 10 nitrogen and oxygen atoms in total. The Morgan fingerprint density at radius 1 is 0.733 bits per heavy atom. The van der Waals surface area contributed by atoms with Gasteiger partial charge in [-0.15, -0.1) is 0 Å². The minimum absolute atomic E-state index is 0.0629. The molecule has 0 amide bonds. The van der Waals surface area contributed by atoms with Crippen LogP contribution in [0.2, 0.25) is 20.1 Å². The van der Waals surface area contributed by atoms with Crippen molar-refractivity contribution in [2.45, 2.75) is 0 Å². The lowest BCUT2D eigenvalue weighted by molar-refractivity contribution is -0.385. The second-order valence-electron chi connectivity index (χ2n) is 5.16. The third-order valence-electron chi connectivity index (χ3n) is 3.13. The molecule has 0 heterocycles. The number of nitro groups is 2. The van der Waals surface area contributed by atoms with Crippen LogP contribution in [0.3, 0.4) is 0 Å². The van der Waals surface area contributed by atoms with E-state index in [9.17, 15) is 29.8 Å². The lowest BCUT2D eigenvalue weighted by Gasteiger charge is -2.06. The molecule has 0 aromatic heterocycles. The molecule has 0 saturated carbocycles. The zero-order chi connectivity index (χ0) is 22.6. The van der Waals surface area contributed by atoms with E-state index in [1.165, 1.54) is 0 Å². The monoisotopic (exact) mass is 494 g/mol. The minimum atomic E-state index is -1.23. The Hall–Kier alpha value is -2.92. The van der Waals surface area contributed by atoms with Crippen molar-refractivity contribution in [3.05, 3.63) is 76.7 Å². The second kappa shape index (κ2) is 9.72. The predicted molar refractivity (Wildman–Crippen MR) is 107 cm³/mol. The summed E-state index contributed by atoms with van der Waals surface area (Å²) in [4.78, 5) is 44.1. The van der Waals surface area contributed by atoms with Gasteiger partial charge in [-0.2, -0.15) is 0 Å². The van der Waals surface area contributed by atoms with Crippen LogP contribution in [0.15, 0.2) is 36.4 Å². The van der Waals surface area contributed by atoms with Gasteiger partial charge in [0, 0.05) is 34.3 Å². The molecule has 0 unspecified atom stereocenters. The molecule has 2 aromatic rings. The first kappa shape index (κ1) is 23.4. The number of ether oxygens (including phenoxy) is 2. The maximum atomic E-state index is 11.9. The normalized spacial score (nSPS) is 10.7. The third-order valence-corrected chi connectivity index (χ3v) is 4.13. The average molecular weight is 496 g/mol. The van der Waals surface area contributed by atoms with Gasteiger partial charge < -0.3 is 9.47 Å². The smallest absolute Gasteiger partial charge is 0.336 e. The van der Waals surface area contributed by atoms with Crippen molar-refractivity contribution in [1.29, 1.82) is 0 Å². The van der Waals surface area contributed by atoms with E-state index in [0.717, 1.165) is 24.3 Å². The lowest BCUT2D eigenvalue weighted by Crippen LogP contribution is -2.10. The summed E-state index contributed by atoms with van der Waals surface area (Å²) >= 11 is 22.9. The molecule has 0 fully saturated rings. The largest absolute Gasteiger partial charge is 0.414 e. The van der Waals surface area contributed by atoms with Crippen molar-refractivity contribution in [2.75, 3.05) is 0 Å². The van der Waals surface area contributed by atoms with Gasteiger partial charge in [0.25, 0.3) is 0 Å². The van der Waals surface area contributed by atoms with Gasteiger partial charge >= 0.3 is 23.3 Å². The van der Waals surface area contributed by atoms with Crippen molar-refractivity contribution < 1.29 is 28.9 Å². The van der Waals surface area contributed by atoms with Crippen LogP contribution >= 0.6 is 46.4 Å². The van der Waals surface area contributed by atoms with Crippen LogP contribution in [0.1, 0.15) is 0 Å². The maximum absolute atomic E-state index is 11.9. The van der Waals surface area contributed by atoms with E-state index in [-0.39, 0.29) is 20.1 Å². The lowest BCUT2D eigenvalue weighted by atomic mass is 10.3. The van der Waals surface area contributed by atoms with Crippen LogP contribution in [0.5, 0.6) is 11.5 Å². The van der Waals surface area contributed by atoms with E-state index in [1.807, 2.05) is 0 Å². The van der Waals surface area contributed by atoms with Crippen molar-refractivity contribution in [3.63, 3.8) is 0 Å². The molecule has 0 aliphatic rings. The van der Waals surface area contributed by atoms with E-state index >= 15 is 0 Å². The molecular formula is C16H6Cl4N2O8. The molecule has 2 rings (SSSR count). The Morgan fingerprint density at radius 2 is 1.07 bits per heavy atom. The highest BCUT2D eigenvalue weighted by Gasteiger charge is 2.24. The fourth-order valence-electron chi connectivity index (χ4n) is 1.97. The molecular weight excluding hydrogens is 490 g/mol. The van der Waals surface area contributed by atoms with E-state index < -0.39 is 44.7 Å². The summed E-state index contributed by atoms with van der Waals surface area (Å²) in [5.74, 6) is -3.64. The summed E-state index contributed by atoms with van der Waals surface area (Å²) in [6, 6.07) is 4.04. The Kier molecular flexibility index (Phi) is 7.57. The van der Waals surface area contributed by atoms with E-state index in [2.05, 4.69) is 0 Å². The van der Waals surface area contributed by atoms with Crippen molar-refractivity contribution in [1.82, 2.24) is 0 Å². The van der Waals surface area contributed by atoms with E-state index in [0.29, 0.717) is 12.2 Å². The summed E-state index contributed by atoms with van der Waals surface area (Å²) in [5.41, 5.74) is -1.36. The van der Waals surface area contributed by atoms with Gasteiger partial charge in [-0.05, 0) is 12.1 Å². The number of hydrogen-bond acceptors (Lipinski definition) is 8. The number of nitrogens with zero attached hydrogens (tertiary/aromatic N) is 2. The van der Waals surface area contributed by atoms with Gasteiger partial charge in [-0.3, -0.25) is 20.2 Å². The first-order valence-corrected chi connectivity index (χ1v) is 8.89. The van der Waals surface area contributed by atoms with Crippen LogP contribution in [-0.2, 0) is 9.59 Å². The highest BCUT2D eigenvalue weighted by Crippen LogP contribution is 2.39. The average Bonchev–Trinajstić information content (AvgIpc) is 2.63. The Labute approximate surface area is 186 Å². The Balaban J connectivity index is 2.19. The topological polar surface area (TPSA) is 139 Å². The standard InChI is InChI=1S/C16H6Cl4N2O8/c17-7-3-9(19)15(11(5-7)21(25)26)29-13(23)1-2-14(24)30-16-10(20)4-8(18)6-12(16)22(27)28/h1-6H/b2-1+. The maximum Gasteiger partial charge on any atom is 0.336 e. The predicted octanol–water partition coefficient (Wildman–Crippen LogP) is 5.18. The Morgan fingerprint density at radius 3 is 1.37 bits per heavy atom. The fraction of sp³-hybridized carbons (Fsp3) is 0. The van der Waals surface area contributed by atoms with Gasteiger partial charge in [0.05, 0.1) is 19.9 Å². The van der Waals surface area contributed by atoms with Gasteiger partial charge in [-0.25, -0.2) is 9.59 Å². The number of esters is 2. The van der Waals surface area contributed by atoms with Crippen molar-refractivity contribution in [3.8, 4) is 11.5 Å². The van der Waals surface area contributed by atoms with E-state index in [1.54, 1.807) is 0 Å². The summed E-state index contributed by atoms with van der Waals surface area (Å²) < 4.78 is 9.55. The SMILES string of the molecule is O=C(/C=C/C(=O)Oc1c(Cl)cc(Cl)cc1[N+](=O)[O-])Oc1c(Cl)cc(Cl)cc1[N+](=O)[O-]. The summed E-state index contributed by atoms with van der Waals surface area (Å²) in [6.07, 6.45) is 1.12. The summed E-state index contributed by atoms with van der Waals surface area (Å²) in [7, 11) is 0. The van der Waals surface area contributed by atoms with Gasteiger partial charge in [0.2, 0.25) is 11.5 Å². The highest BCUT2D eigenvalue weighted by molar-refractivity contribution is 6.36. The molecule has 30 heavy (non-hydrogen) atoms. The summed E-state index contributed by atoms with van der Waals surface area (Å²) in [6.45, 7) is 0. The molecule has 0 N–H and O–H groups in total. The molecule has 0 spiro atoms. The van der Waals surface area contributed by atoms with Gasteiger partial charge in [0.15, 0.2) is 0 Å². The summed E-state index contributed by atoms with van der Waals surface area (Å²) in [5, 5.41) is 21.3. The fourth-order valence-corrected chi connectivity index (χ4v) is 3.01. The number of halogens is 4. The number of benzene rings is 2. The molecule has 156 valence electrons. The third kappa shape index (κ3) is 5.80. The molecule has 0 saturated heterocycles. The second-order valence-corrected chi connectivity index (χ2v) is 6.85.